The average molecular weight is 405 g/mol. The van der Waals surface area contributed by atoms with E-state index in [0.29, 0.717) is 0 Å². The van der Waals surface area contributed by atoms with E-state index in [4.69, 9.17) is 11.6 Å². The number of hydrogen-bond donors (Lipinski definition) is 0. The second-order valence-electron chi connectivity index (χ2n) is 6.57. The first-order valence-corrected chi connectivity index (χ1v) is 13.0. The molecule has 0 heterocycles. The van der Waals surface area contributed by atoms with E-state index in [9.17, 15) is 0 Å². The summed E-state index contributed by atoms with van der Waals surface area (Å²) >= 11 is 3.31. The molecule has 0 fully saturated rings. The molecule has 3 aromatic carbocycles. The Morgan fingerprint density at radius 2 is 0.960 bits per heavy atom. The molecule has 0 aliphatic carbocycles. The van der Waals surface area contributed by atoms with E-state index in [1.54, 1.807) is 0 Å². The molecule has 0 aliphatic heterocycles. The van der Waals surface area contributed by atoms with Gasteiger partial charge in [0.2, 0.25) is 0 Å². The van der Waals surface area contributed by atoms with Gasteiger partial charge in [0, 0.05) is 0 Å². The number of benzene rings is 3. The molecule has 124 valence electrons. The van der Waals surface area contributed by atoms with Crippen molar-refractivity contribution >= 4 is 38.1 Å². The summed E-state index contributed by atoms with van der Waals surface area (Å²) in [5.74, 6) is 3.36. The van der Waals surface area contributed by atoms with Crippen molar-refractivity contribution in [3.05, 3.63) is 91.0 Å². The van der Waals surface area contributed by atoms with E-state index in [-0.39, 0.29) is 0 Å². The summed E-state index contributed by atoms with van der Waals surface area (Å²) in [7, 11) is 0. The molecule has 0 nitrogen and oxygen atoms in total. The van der Waals surface area contributed by atoms with Gasteiger partial charge in [0.25, 0.3) is 0 Å². The molecule has 2 heteroatoms. The van der Waals surface area contributed by atoms with Gasteiger partial charge in [-0.3, -0.25) is 0 Å². The third-order valence-corrected chi connectivity index (χ3v) is 12.9. The zero-order valence-corrected chi connectivity index (χ0v) is 17.4. The van der Waals surface area contributed by atoms with Crippen molar-refractivity contribution in [2.24, 2.45) is 0 Å². The first kappa shape index (κ1) is 17.9. The fourth-order valence-electron chi connectivity index (χ4n) is 3.02. The van der Waals surface area contributed by atoms with Gasteiger partial charge in [0.05, 0.1) is 0 Å². The van der Waals surface area contributed by atoms with Crippen LogP contribution in [0.2, 0.25) is 0 Å². The molecule has 0 unspecified atom stereocenters. The first-order chi connectivity index (χ1) is 12.0. The van der Waals surface area contributed by atoms with Crippen molar-refractivity contribution in [3.8, 4) is 10.7 Å². The van der Waals surface area contributed by atoms with Crippen LogP contribution in [0, 0.1) is 10.7 Å². The summed E-state index contributed by atoms with van der Waals surface area (Å²) < 4.78 is 7.71. The van der Waals surface area contributed by atoms with Crippen LogP contribution in [-0.2, 0) is 0 Å². The predicted octanol–water partition coefficient (Wildman–Crippen LogP) is 3.72. The van der Waals surface area contributed by atoms with Crippen molar-refractivity contribution in [1.29, 1.82) is 0 Å². The van der Waals surface area contributed by atoms with E-state index >= 15 is 0 Å². The summed E-state index contributed by atoms with van der Waals surface area (Å²) in [5.41, 5.74) is 0. The SMILES string of the molecule is CC(C)(Cl)C#[C][Ge]([c]1ccccc1)([c]1ccccc1)[c]1ccccc1. The Kier molecular flexibility index (Phi) is 5.37. The summed E-state index contributed by atoms with van der Waals surface area (Å²) in [4.78, 5) is -0.547. The molecule has 3 rings (SSSR count). The van der Waals surface area contributed by atoms with Gasteiger partial charge >= 0.3 is 158 Å². The van der Waals surface area contributed by atoms with Gasteiger partial charge in [-0.05, 0) is 0 Å². The molecule has 0 aromatic heterocycles. The summed E-state index contributed by atoms with van der Waals surface area (Å²) in [6.45, 7) is 3.91. The van der Waals surface area contributed by atoms with Gasteiger partial charge in [0.1, 0.15) is 0 Å². The summed E-state index contributed by atoms with van der Waals surface area (Å²) in [6.07, 6.45) is 0. The Morgan fingerprint density at radius 1 is 0.640 bits per heavy atom. The van der Waals surface area contributed by atoms with Crippen LogP contribution in [0.15, 0.2) is 91.0 Å². The Morgan fingerprint density at radius 3 is 1.24 bits per heavy atom. The van der Waals surface area contributed by atoms with Crippen molar-refractivity contribution < 1.29 is 0 Å². The second kappa shape index (κ2) is 7.52. The summed E-state index contributed by atoms with van der Waals surface area (Å²) in [6, 6.07) is 32.1. The molecule has 0 aliphatic rings. The zero-order chi connectivity index (χ0) is 17.8. The standard InChI is InChI=1S/C23H21ClGe/c1-23(2,24)18-19-25(20-12-6-3-7-13-20,21-14-8-4-9-15-21)22-16-10-5-11-17-22/h3-17H,1-2H3. The molecular formula is C23H21ClGe. The van der Waals surface area contributed by atoms with Crippen molar-refractivity contribution in [2.75, 3.05) is 0 Å². The van der Waals surface area contributed by atoms with Crippen molar-refractivity contribution in [1.82, 2.24) is 0 Å². The van der Waals surface area contributed by atoms with Gasteiger partial charge < -0.3 is 0 Å². The molecule has 25 heavy (non-hydrogen) atoms. The fourth-order valence-corrected chi connectivity index (χ4v) is 11.7. The van der Waals surface area contributed by atoms with Crippen LogP contribution in [-0.4, -0.2) is 18.1 Å². The number of rotatable bonds is 3. The minimum absolute atomic E-state index is 0.547. The van der Waals surface area contributed by atoms with Gasteiger partial charge in [0.15, 0.2) is 0 Å². The molecule has 0 amide bonds. The molecular weight excluding hydrogens is 384 g/mol. The third kappa shape index (κ3) is 4.01. The Hall–Kier alpha value is -1.95. The van der Waals surface area contributed by atoms with E-state index in [2.05, 4.69) is 102 Å². The molecule has 0 spiro atoms. The van der Waals surface area contributed by atoms with Gasteiger partial charge in [-0.2, -0.15) is 0 Å². The van der Waals surface area contributed by atoms with Crippen molar-refractivity contribution in [3.63, 3.8) is 0 Å². The van der Waals surface area contributed by atoms with Gasteiger partial charge in [-0.1, -0.05) is 0 Å². The van der Waals surface area contributed by atoms with Gasteiger partial charge in [-0.25, -0.2) is 0 Å². The average Bonchev–Trinajstić information content (AvgIpc) is 2.64. The van der Waals surface area contributed by atoms with E-state index in [0.717, 1.165) is 0 Å². The predicted molar refractivity (Wildman–Crippen MR) is 112 cm³/mol. The normalized spacial score (nSPS) is 11.5. The van der Waals surface area contributed by atoms with Crippen LogP contribution >= 0.6 is 11.6 Å². The van der Waals surface area contributed by atoms with E-state index in [1.807, 2.05) is 13.8 Å². The molecule has 0 saturated heterocycles. The summed E-state index contributed by atoms with van der Waals surface area (Å²) in [5, 5.41) is 0. The first-order valence-electron chi connectivity index (χ1n) is 8.42. The van der Waals surface area contributed by atoms with Crippen LogP contribution in [0.25, 0.3) is 0 Å². The Bertz CT molecular complexity index is 773. The third-order valence-electron chi connectivity index (χ3n) is 4.17. The van der Waals surface area contributed by atoms with Crippen molar-refractivity contribution in [2.45, 2.75) is 18.7 Å². The van der Waals surface area contributed by atoms with Gasteiger partial charge in [-0.15, -0.1) is 0 Å². The van der Waals surface area contributed by atoms with E-state index < -0.39 is 18.1 Å². The molecule has 3 aromatic rings. The molecule has 0 radical (unpaired) electrons. The number of halogens is 1. The maximum absolute atomic E-state index is 6.46. The number of hydrogen-bond acceptors (Lipinski definition) is 0. The maximum atomic E-state index is 6.46. The van der Waals surface area contributed by atoms with Crippen LogP contribution in [0.4, 0.5) is 0 Å². The zero-order valence-electron chi connectivity index (χ0n) is 14.5. The fraction of sp³-hybridized carbons (Fsp3) is 0.130. The number of alkyl halides is 1. The monoisotopic (exact) mass is 406 g/mol. The molecule has 0 N–H and O–H groups in total. The Balaban J connectivity index is 2.37. The van der Waals surface area contributed by atoms with Crippen LogP contribution in [0.1, 0.15) is 13.8 Å². The molecule has 0 atom stereocenters. The Labute approximate surface area is 158 Å². The second-order valence-corrected chi connectivity index (χ2v) is 14.8. The topological polar surface area (TPSA) is 0 Å². The van der Waals surface area contributed by atoms with Crippen LogP contribution in [0.3, 0.4) is 0 Å². The van der Waals surface area contributed by atoms with E-state index in [1.165, 1.54) is 13.2 Å². The quantitative estimate of drug-likeness (QED) is 0.354. The minimum atomic E-state index is -3.15. The molecule has 0 bridgehead atoms. The van der Waals surface area contributed by atoms with Crippen LogP contribution in [0.5, 0.6) is 0 Å². The molecule has 0 saturated carbocycles. The van der Waals surface area contributed by atoms with Crippen LogP contribution < -0.4 is 13.2 Å².